The highest BCUT2D eigenvalue weighted by Crippen LogP contribution is 2.34. The molecule has 2 unspecified atom stereocenters. The first kappa shape index (κ1) is 23.7. The lowest BCUT2D eigenvalue weighted by molar-refractivity contribution is -0.143. The van der Waals surface area contributed by atoms with E-state index in [1.165, 1.54) is 19.1 Å². The molecule has 0 saturated carbocycles. The van der Waals surface area contributed by atoms with E-state index in [1.54, 1.807) is 0 Å². The number of carbonyl (C=O) groups is 1. The topological polar surface area (TPSA) is 77.8 Å². The third kappa shape index (κ3) is 9.44. The van der Waals surface area contributed by atoms with Crippen LogP contribution in [0.5, 0.6) is 0 Å². The number of aliphatic hydroxyl groups excluding tert-OH is 1. The zero-order valence-electron chi connectivity index (χ0n) is 15.2. The molecule has 0 radical (unpaired) electrons. The Kier molecular flexibility index (Phi) is 9.05. The maximum Gasteiger partial charge on any atom is 0.416 e. The van der Waals surface area contributed by atoms with Gasteiger partial charge in [-0.1, -0.05) is 36.9 Å². The number of alkyl halides is 3. The van der Waals surface area contributed by atoms with Crippen LogP contribution in [0.3, 0.4) is 0 Å². The number of benzene rings is 1. The van der Waals surface area contributed by atoms with Crippen LogP contribution in [0, 0.1) is 0 Å². The monoisotopic (exact) mass is 410 g/mol. The molecule has 2 atom stereocenters. The average molecular weight is 411 g/mol. The number of aliphatic carboxylic acids is 1. The van der Waals surface area contributed by atoms with Gasteiger partial charge in [-0.3, -0.25) is 4.79 Å². The fourth-order valence-electron chi connectivity index (χ4n) is 3.09. The average Bonchev–Trinajstić information content (AvgIpc) is 2.48. The zero-order chi connectivity index (χ0) is 20.7. The largest absolute Gasteiger partial charge is 0.481 e. The van der Waals surface area contributed by atoms with E-state index in [4.69, 9.17) is 16.7 Å². The second kappa shape index (κ2) is 10.3. The molecule has 3 N–H and O–H groups in total. The number of carboxylic acid groups (broad SMARTS) is 1. The third-order valence-corrected chi connectivity index (χ3v) is 4.55. The first-order chi connectivity index (χ1) is 12.4. The molecule has 0 aliphatic rings. The number of hydrogen-bond acceptors (Lipinski definition) is 3. The minimum atomic E-state index is -4.43. The van der Waals surface area contributed by atoms with Crippen molar-refractivity contribution in [1.29, 1.82) is 0 Å². The Labute approximate surface area is 162 Å². The van der Waals surface area contributed by atoms with Crippen LogP contribution >= 0.6 is 11.6 Å². The number of aliphatic hydroxyl groups is 2. The number of hydrogen-bond donors (Lipinski definition) is 3. The highest BCUT2D eigenvalue weighted by molar-refractivity contribution is 6.30. The number of unbranched alkanes of at least 4 members (excludes halogenated alkanes) is 3. The SMILES string of the molecule is CC(O)(CC(=O)O)CC(O)CCCCCCc1ccc(Cl)cc1C(F)(F)F. The van der Waals surface area contributed by atoms with Crippen molar-refractivity contribution in [3.63, 3.8) is 0 Å². The summed E-state index contributed by atoms with van der Waals surface area (Å²) in [5.74, 6) is -1.13. The van der Waals surface area contributed by atoms with Gasteiger partial charge in [0.1, 0.15) is 0 Å². The predicted molar refractivity (Wildman–Crippen MR) is 96.7 cm³/mol. The molecule has 0 spiro atoms. The summed E-state index contributed by atoms with van der Waals surface area (Å²) in [7, 11) is 0. The fourth-order valence-corrected chi connectivity index (χ4v) is 3.26. The van der Waals surface area contributed by atoms with Gasteiger partial charge in [-0.15, -0.1) is 0 Å². The first-order valence-corrected chi connectivity index (χ1v) is 9.26. The Bertz CT molecular complexity index is 617. The summed E-state index contributed by atoms with van der Waals surface area (Å²) >= 11 is 5.65. The van der Waals surface area contributed by atoms with Crippen molar-refractivity contribution in [2.45, 2.75) is 76.2 Å². The van der Waals surface area contributed by atoms with Crippen molar-refractivity contribution in [2.75, 3.05) is 0 Å². The first-order valence-electron chi connectivity index (χ1n) is 8.88. The molecule has 4 nitrogen and oxygen atoms in total. The lowest BCUT2D eigenvalue weighted by atomic mass is 9.92. The van der Waals surface area contributed by atoms with Crippen LogP contribution in [0.25, 0.3) is 0 Å². The predicted octanol–water partition coefficient (Wildman–Crippen LogP) is 4.83. The zero-order valence-corrected chi connectivity index (χ0v) is 16.0. The summed E-state index contributed by atoms with van der Waals surface area (Å²) in [4.78, 5) is 10.6. The van der Waals surface area contributed by atoms with Crippen LogP contribution in [-0.2, 0) is 17.4 Å². The van der Waals surface area contributed by atoms with Gasteiger partial charge in [0, 0.05) is 11.4 Å². The van der Waals surface area contributed by atoms with Crippen LogP contribution in [0.4, 0.5) is 13.2 Å². The van der Waals surface area contributed by atoms with E-state index in [-0.39, 0.29) is 17.0 Å². The van der Waals surface area contributed by atoms with E-state index < -0.39 is 35.8 Å². The Morgan fingerprint density at radius 3 is 2.41 bits per heavy atom. The smallest absolute Gasteiger partial charge is 0.416 e. The summed E-state index contributed by atoms with van der Waals surface area (Å²) in [5, 5.41) is 28.5. The van der Waals surface area contributed by atoms with Crippen molar-refractivity contribution in [3.05, 3.63) is 34.3 Å². The van der Waals surface area contributed by atoms with Crippen LogP contribution in [0.15, 0.2) is 18.2 Å². The second-order valence-electron chi connectivity index (χ2n) is 7.18. The van der Waals surface area contributed by atoms with Gasteiger partial charge in [-0.2, -0.15) is 13.2 Å². The van der Waals surface area contributed by atoms with Crippen LogP contribution in [0.2, 0.25) is 5.02 Å². The highest BCUT2D eigenvalue weighted by Gasteiger charge is 2.33. The van der Waals surface area contributed by atoms with Crippen LogP contribution < -0.4 is 0 Å². The molecule has 0 saturated heterocycles. The molecule has 0 fully saturated rings. The number of carboxylic acids is 1. The molecule has 0 aromatic heterocycles. The number of aryl methyl sites for hydroxylation is 1. The quantitative estimate of drug-likeness (QED) is 0.457. The van der Waals surface area contributed by atoms with E-state index in [2.05, 4.69) is 0 Å². The molecule has 1 aromatic carbocycles. The van der Waals surface area contributed by atoms with E-state index in [0.717, 1.165) is 12.5 Å². The molecule has 154 valence electrons. The Morgan fingerprint density at radius 2 is 1.81 bits per heavy atom. The molecule has 0 heterocycles. The summed E-state index contributed by atoms with van der Waals surface area (Å²) in [6.07, 6.45) is -2.35. The van der Waals surface area contributed by atoms with Gasteiger partial charge in [0.25, 0.3) is 0 Å². The Balaban J connectivity index is 2.33. The molecular weight excluding hydrogens is 385 g/mol. The normalized spacial score (nSPS) is 15.4. The van der Waals surface area contributed by atoms with Crippen molar-refractivity contribution in [2.24, 2.45) is 0 Å². The number of rotatable bonds is 11. The van der Waals surface area contributed by atoms with E-state index in [9.17, 15) is 28.2 Å². The van der Waals surface area contributed by atoms with Crippen molar-refractivity contribution in [1.82, 2.24) is 0 Å². The maximum absolute atomic E-state index is 13.0. The van der Waals surface area contributed by atoms with E-state index in [0.29, 0.717) is 32.1 Å². The van der Waals surface area contributed by atoms with Gasteiger partial charge in [0.15, 0.2) is 0 Å². The van der Waals surface area contributed by atoms with Crippen molar-refractivity contribution >= 4 is 17.6 Å². The lowest BCUT2D eigenvalue weighted by Crippen LogP contribution is -2.32. The molecule has 1 rings (SSSR count). The van der Waals surface area contributed by atoms with E-state index in [1.807, 2.05) is 0 Å². The van der Waals surface area contributed by atoms with Gasteiger partial charge >= 0.3 is 12.1 Å². The summed E-state index contributed by atoms with van der Waals surface area (Å²) < 4.78 is 39.1. The van der Waals surface area contributed by atoms with Crippen LogP contribution in [0.1, 0.15) is 63.0 Å². The van der Waals surface area contributed by atoms with Gasteiger partial charge in [0.05, 0.1) is 23.7 Å². The number of halogens is 4. The van der Waals surface area contributed by atoms with Gasteiger partial charge in [-0.25, -0.2) is 0 Å². The molecule has 0 aliphatic heterocycles. The van der Waals surface area contributed by atoms with Gasteiger partial charge in [-0.05, 0) is 43.9 Å². The Hall–Kier alpha value is -1.31. The molecule has 0 amide bonds. The minimum absolute atomic E-state index is 0.0288. The molecule has 0 bridgehead atoms. The van der Waals surface area contributed by atoms with E-state index >= 15 is 0 Å². The fraction of sp³-hybridized carbons (Fsp3) is 0.632. The molecule has 1 aromatic rings. The Morgan fingerprint density at radius 1 is 1.19 bits per heavy atom. The summed E-state index contributed by atoms with van der Waals surface area (Å²) in [6.45, 7) is 1.37. The summed E-state index contributed by atoms with van der Waals surface area (Å²) in [6, 6.07) is 3.79. The molecule has 0 aliphatic carbocycles. The molecule has 8 heteroatoms. The van der Waals surface area contributed by atoms with Gasteiger partial charge < -0.3 is 15.3 Å². The molecular formula is C19H26ClF3O4. The standard InChI is InChI=1S/C19H26ClF3O4/c1-18(27,12-17(25)26)11-15(24)7-5-3-2-4-6-13-8-9-14(20)10-16(13)19(21,22)23/h8-10,15,24,27H,2-7,11-12H2,1H3,(H,25,26). The molecule has 27 heavy (non-hydrogen) atoms. The minimum Gasteiger partial charge on any atom is -0.481 e. The van der Waals surface area contributed by atoms with Crippen molar-refractivity contribution < 1.29 is 33.3 Å². The second-order valence-corrected chi connectivity index (χ2v) is 7.61. The third-order valence-electron chi connectivity index (χ3n) is 4.32. The van der Waals surface area contributed by atoms with Crippen LogP contribution in [-0.4, -0.2) is 33.0 Å². The highest BCUT2D eigenvalue weighted by atomic mass is 35.5. The lowest BCUT2D eigenvalue weighted by Gasteiger charge is -2.24. The van der Waals surface area contributed by atoms with Crippen molar-refractivity contribution in [3.8, 4) is 0 Å². The summed E-state index contributed by atoms with van der Waals surface area (Å²) in [5.41, 5.74) is -1.95. The maximum atomic E-state index is 13.0. The van der Waals surface area contributed by atoms with Gasteiger partial charge in [0.2, 0.25) is 0 Å².